The van der Waals surface area contributed by atoms with Gasteiger partial charge in [-0.15, -0.1) is 11.3 Å². The third-order valence-electron chi connectivity index (χ3n) is 2.87. The first-order valence-electron chi connectivity index (χ1n) is 7.17. The Bertz CT molecular complexity index is 546. The largest absolute Gasteiger partial charge is 0.357 e. The molecule has 0 aliphatic heterocycles. The van der Waals surface area contributed by atoms with Crippen LogP contribution in [-0.2, 0) is 13.0 Å². The second-order valence-electron chi connectivity index (χ2n) is 4.60. The summed E-state index contributed by atoms with van der Waals surface area (Å²) in [6.07, 6.45) is 6.43. The van der Waals surface area contributed by atoms with Crippen LogP contribution in [0.25, 0.3) is 0 Å². The Balaban J connectivity index is 1.75. The molecule has 0 saturated heterocycles. The van der Waals surface area contributed by atoms with Crippen molar-refractivity contribution >= 4 is 17.3 Å². The summed E-state index contributed by atoms with van der Waals surface area (Å²) < 4.78 is 2.04. The number of hydrogen-bond donors (Lipinski definition) is 2. The average Bonchev–Trinajstić information content (AvgIpc) is 3.11. The smallest absolute Gasteiger partial charge is 0.191 e. The van der Waals surface area contributed by atoms with Crippen molar-refractivity contribution in [2.75, 3.05) is 19.6 Å². The molecule has 6 nitrogen and oxygen atoms in total. The van der Waals surface area contributed by atoms with Crippen LogP contribution in [0.1, 0.15) is 17.6 Å². The number of aryl methyl sites for hydroxylation is 1. The Labute approximate surface area is 129 Å². The lowest BCUT2D eigenvalue weighted by atomic mass is 10.3. The summed E-state index contributed by atoms with van der Waals surface area (Å²) in [4.78, 5) is 13.0. The number of nitrogens with one attached hydrogen (secondary N) is 2. The highest BCUT2D eigenvalue weighted by molar-refractivity contribution is 7.09. The number of thiazole rings is 1. The van der Waals surface area contributed by atoms with Crippen molar-refractivity contribution in [3.63, 3.8) is 0 Å². The first kappa shape index (κ1) is 15.5. The standard InChI is InChI=1S/C14H22N6S/c1-3-16-14(18-7-9-20-8-6-15-11-20)17-5-4-13-10-21-12(2)19-13/h6,8,10-11H,3-5,7,9H2,1-2H3,(H2,16,17,18). The molecule has 0 bridgehead atoms. The van der Waals surface area contributed by atoms with Crippen molar-refractivity contribution in [2.24, 2.45) is 4.99 Å². The van der Waals surface area contributed by atoms with Gasteiger partial charge in [0.2, 0.25) is 0 Å². The van der Waals surface area contributed by atoms with Gasteiger partial charge in [0.15, 0.2) is 5.96 Å². The fraction of sp³-hybridized carbons (Fsp3) is 0.500. The summed E-state index contributed by atoms with van der Waals surface area (Å²) >= 11 is 1.69. The molecule has 0 saturated carbocycles. The average molecular weight is 306 g/mol. The maximum Gasteiger partial charge on any atom is 0.191 e. The second-order valence-corrected chi connectivity index (χ2v) is 5.66. The van der Waals surface area contributed by atoms with Gasteiger partial charge in [-0.3, -0.25) is 4.99 Å². The van der Waals surface area contributed by atoms with Gasteiger partial charge in [-0.25, -0.2) is 9.97 Å². The Morgan fingerprint density at radius 3 is 3.00 bits per heavy atom. The summed E-state index contributed by atoms with van der Waals surface area (Å²) in [7, 11) is 0. The van der Waals surface area contributed by atoms with Crippen molar-refractivity contribution in [2.45, 2.75) is 26.8 Å². The number of nitrogens with zero attached hydrogens (tertiary/aromatic N) is 4. The van der Waals surface area contributed by atoms with Crippen LogP contribution in [0.2, 0.25) is 0 Å². The lowest BCUT2D eigenvalue weighted by Gasteiger charge is -2.11. The summed E-state index contributed by atoms with van der Waals surface area (Å²) in [5.74, 6) is 0.851. The molecule has 0 spiro atoms. The second kappa shape index (κ2) is 8.41. The van der Waals surface area contributed by atoms with Crippen LogP contribution in [0.15, 0.2) is 29.1 Å². The molecule has 2 heterocycles. The molecule has 2 aromatic heterocycles. The van der Waals surface area contributed by atoms with Crippen LogP contribution in [-0.4, -0.2) is 40.1 Å². The summed E-state index contributed by atoms with van der Waals surface area (Å²) in [5.41, 5.74) is 1.12. The molecule has 2 N–H and O–H groups in total. The molecule has 7 heteroatoms. The Hall–Kier alpha value is -1.89. The number of aliphatic imine (C=N–C) groups is 1. The van der Waals surface area contributed by atoms with E-state index in [1.54, 1.807) is 17.5 Å². The lowest BCUT2D eigenvalue weighted by molar-refractivity contribution is 0.662. The van der Waals surface area contributed by atoms with Gasteiger partial charge < -0.3 is 15.2 Å². The summed E-state index contributed by atoms with van der Waals surface area (Å²) in [6, 6.07) is 0. The molecule has 0 aromatic carbocycles. The SMILES string of the molecule is CCNC(=NCCc1csc(C)n1)NCCn1ccnc1. The van der Waals surface area contributed by atoms with E-state index < -0.39 is 0 Å². The van der Waals surface area contributed by atoms with Crippen LogP contribution in [0, 0.1) is 6.92 Å². The molecule has 2 aromatic rings. The zero-order valence-electron chi connectivity index (χ0n) is 12.5. The number of rotatable bonds is 7. The van der Waals surface area contributed by atoms with Crippen LogP contribution >= 0.6 is 11.3 Å². The Morgan fingerprint density at radius 2 is 2.33 bits per heavy atom. The molecule has 0 fully saturated rings. The third kappa shape index (κ3) is 5.55. The van der Waals surface area contributed by atoms with Gasteiger partial charge in [-0.1, -0.05) is 0 Å². The predicted octanol–water partition coefficient (Wildman–Crippen LogP) is 1.45. The van der Waals surface area contributed by atoms with Crippen LogP contribution in [0.3, 0.4) is 0 Å². The molecule has 2 rings (SSSR count). The molecule has 114 valence electrons. The topological polar surface area (TPSA) is 67.1 Å². The highest BCUT2D eigenvalue weighted by Crippen LogP contribution is 2.08. The van der Waals surface area contributed by atoms with Crippen LogP contribution in [0.4, 0.5) is 0 Å². The molecule has 0 atom stereocenters. The number of hydrogen-bond acceptors (Lipinski definition) is 4. The van der Waals surface area contributed by atoms with Crippen molar-refractivity contribution in [1.82, 2.24) is 25.2 Å². The van der Waals surface area contributed by atoms with E-state index in [4.69, 9.17) is 0 Å². The van der Waals surface area contributed by atoms with Gasteiger partial charge >= 0.3 is 0 Å². The van der Waals surface area contributed by atoms with E-state index in [-0.39, 0.29) is 0 Å². The quantitative estimate of drug-likeness (QED) is 0.600. The minimum absolute atomic E-state index is 0.740. The number of imidazole rings is 1. The van der Waals surface area contributed by atoms with Crippen molar-refractivity contribution in [3.8, 4) is 0 Å². The van der Waals surface area contributed by atoms with Crippen molar-refractivity contribution < 1.29 is 0 Å². The zero-order valence-corrected chi connectivity index (χ0v) is 13.4. The minimum Gasteiger partial charge on any atom is -0.357 e. The van der Waals surface area contributed by atoms with E-state index in [1.807, 2.05) is 24.0 Å². The number of guanidine groups is 1. The van der Waals surface area contributed by atoms with Gasteiger partial charge in [-0.2, -0.15) is 0 Å². The van der Waals surface area contributed by atoms with E-state index in [0.29, 0.717) is 0 Å². The summed E-state index contributed by atoms with van der Waals surface area (Å²) in [6.45, 7) is 7.38. The molecule has 0 unspecified atom stereocenters. The highest BCUT2D eigenvalue weighted by atomic mass is 32.1. The Morgan fingerprint density at radius 1 is 1.43 bits per heavy atom. The molecule has 21 heavy (non-hydrogen) atoms. The molecule has 0 aliphatic carbocycles. The van der Waals surface area contributed by atoms with Crippen molar-refractivity contribution in [1.29, 1.82) is 0 Å². The van der Waals surface area contributed by atoms with Crippen LogP contribution in [0.5, 0.6) is 0 Å². The lowest BCUT2D eigenvalue weighted by Crippen LogP contribution is -2.39. The minimum atomic E-state index is 0.740. The first-order valence-corrected chi connectivity index (χ1v) is 8.05. The van der Waals surface area contributed by atoms with Gasteiger partial charge in [0, 0.05) is 50.4 Å². The van der Waals surface area contributed by atoms with Crippen molar-refractivity contribution in [3.05, 3.63) is 34.8 Å². The monoisotopic (exact) mass is 306 g/mol. The molecule has 0 amide bonds. The number of aromatic nitrogens is 3. The van der Waals surface area contributed by atoms with Gasteiger partial charge in [0.25, 0.3) is 0 Å². The fourth-order valence-electron chi connectivity index (χ4n) is 1.87. The summed E-state index contributed by atoms with van der Waals surface area (Å²) in [5, 5.41) is 9.79. The maximum atomic E-state index is 4.57. The van der Waals surface area contributed by atoms with Gasteiger partial charge in [0.1, 0.15) is 0 Å². The first-order chi connectivity index (χ1) is 10.3. The van der Waals surface area contributed by atoms with E-state index in [1.165, 1.54) is 0 Å². The normalized spacial score (nSPS) is 11.6. The maximum absolute atomic E-state index is 4.57. The van der Waals surface area contributed by atoms with Gasteiger partial charge in [0.05, 0.1) is 17.0 Å². The van der Waals surface area contributed by atoms with E-state index in [0.717, 1.165) is 49.3 Å². The van der Waals surface area contributed by atoms with E-state index in [2.05, 4.69) is 37.9 Å². The molecular formula is C14H22N6S. The fourth-order valence-corrected chi connectivity index (χ4v) is 2.52. The van der Waals surface area contributed by atoms with Crippen LogP contribution < -0.4 is 10.6 Å². The Kier molecular flexibility index (Phi) is 6.21. The predicted molar refractivity (Wildman–Crippen MR) is 86.8 cm³/mol. The van der Waals surface area contributed by atoms with E-state index >= 15 is 0 Å². The van der Waals surface area contributed by atoms with Gasteiger partial charge in [-0.05, 0) is 13.8 Å². The van der Waals surface area contributed by atoms with E-state index in [9.17, 15) is 0 Å². The molecule has 0 radical (unpaired) electrons. The highest BCUT2D eigenvalue weighted by Gasteiger charge is 1.99. The zero-order chi connectivity index (χ0) is 14.9. The molecule has 0 aliphatic rings. The molecular weight excluding hydrogens is 284 g/mol. The third-order valence-corrected chi connectivity index (χ3v) is 3.69.